The van der Waals surface area contributed by atoms with E-state index in [4.69, 9.17) is 5.73 Å². The summed E-state index contributed by atoms with van der Waals surface area (Å²) in [5.41, 5.74) is 8.19. The van der Waals surface area contributed by atoms with Gasteiger partial charge in [-0.05, 0) is 37.8 Å². The third-order valence-electron chi connectivity index (χ3n) is 4.20. The third kappa shape index (κ3) is 3.35. The van der Waals surface area contributed by atoms with Crippen molar-refractivity contribution in [3.63, 3.8) is 0 Å². The normalized spacial score (nSPS) is 22.5. The number of amides is 1. The van der Waals surface area contributed by atoms with Crippen molar-refractivity contribution in [2.24, 2.45) is 17.6 Å². The van der Waals surface area contributed by atoms with Gasteiger partial charge in [0.1, 0.15) is 0 Å². The van der Waals surface area contributed by atoms with Gasteiger partial charge in [-0.15, -0.1) is 0 Å². The molecule has 0 spiro atoms. The van der Waals surface area contributed by atoms with Gasteiger partial charge in [-0.3, -0.25) is 4.79 Å². The van der Waals surface area contributed by atoms with Crippen molar-refractivity contribution in [2.45, 2.75) is 32.7 Å². The largest absolute Gasteiger partial charge is 0.341 e. The van der Waals surface area contributed by atoms with E-state index in [0.717, 1.165) is 19.3 Å². The molecule has 1 aromatic carbocycles. The summed E-state index contributed by atoms with van der Waals surface area (Å²) in [7, 11) is 1.90. The smallest absolute Gasteiger partial charge is 0.226 e. The Labute approximate surface area is 115 Å². The molecular formula is C16H24N2O. The van der Waals surface area contributed by atoms with Crippen LogP contribution in [0.5, 0.6) is 0 Å². The average Bonchev–Trinajstić information content (AvgIpc) is 2.88. The molecule has 2 atom stereocenters. The molecule has 104 valence electrons. The Morgan fingerprint density at radius 3 is 2.63 bits per heavy atom. The molecule has 3 heteroatoms. The van der Waals surface area contributed by atoms with Crippen molar-refractivity contribution in [2.75, 3.05) is 13.6 Å². The maximum Gasteiger partial charge on any atom is 0.226 e. The van der Waals surface area contributed by atoms with Gasteiger partial charge in [0.2, 0.25) is 5.91 Å². The highest BCUT2D eigenvalue weighted by molar-refractivity contribution is 5.79. The molecule has 1 aliphatic carbocycles. The van der Waals surface area contributed by atoms with Crippen LogP contribution in [0.4, 0.5) is 0 Å². The van der Waals surface area contributed by atoms with Crippen LogP contribution < -0.4 is 5.73 Å². The lowest BCUT2D eigenvalue weighted by atomic mass is 9.94. The van der Waals surface area contributed by atoms with Gasteiger partial charge in [-0.1, -0.05) is 36.2 Å². The van der Waals surface area contributed by atoms with E-state index in [-0.39, 0.29) is 11.8 Å². The molecule has 1 aliphatic rings. The van der Waals surface area contributed by atoms with Gasteiger partial charge in [0.25, 0.3) is 0 Å². The van der Waals surface area contributed by atoms with Crippen molar-refractivity contribution in [1.29, 1.82) is 0 Å². The lowest BCUT2D eigenvalue weighted by molar-refractivity contribution is -0.135. The summed E-state index contributed by atoms with van der Waals surface area (Å²) in [6.45, 7) is 3.39. The van der Waals surface area contributed by atoms with Gasteiger partial charge in [0.15, 0.2) is 0 Å². The first-order valence-corrected chi connectivity index (χ1v) is 7.12. The van der Waals surface area contributed by atoms with Gasteiger partial charge >= 0.3 is 0 Å². The molecule has 19 heavy (non-hydrogen) atoms. The third-order valence-corrected chi connectivity index (χ3v) is 4.20. The Morgan fingerprint density at radius 2 is 2.00 bits per heavy atom. The number of nitrogens with zero attached hydrogens (tertiary/aromatic N) is 1. The predicted molar refractivity (Wildman–Crippen MR) is 77.5 cm³/mol. The fourth-order valence-corrected chi connectivity index (χ4v) is 2.97. The first-order valence-electron chi connectivity index (χ1n) is 7.12. The molecule has 3 nitrogen and oxygen atoms in total. The van der Waals surface area contributed by atoms with Gasteiger partial charge in [0, 0.05) is 19.5 Å². The van der Waals surface area contributed by atoms with Crippen LogP contribution in [-0.2, 0) is 11.3 Å². The number of carbonyl (C=O) groups excluding carboxylic acids is 1. The number of carbonyl (C=O) groups is 1. The van der Waals surface area contributed by atoms with Crippen molar-refractivity contribution in [3.05, 3.63) is 35.4 Å². The van der Waals surface area contributed by atoms with Crippen LogP contribution in [0.1, 0.15) is 30.4 Å². The summed E-state index contributed by atoms with van der Waals surface area (Å²) in [6, 6.07) is 8.36. The highest BCUT2D eigenvalue weighted by Crippen LogP contribution is 2.32. The molecule has 2 rings (SSSR count). The second-order valence-electron chi connectivity index (χ2n) is 5.71. The number of hydrogen-bond donors (Lipinski definition) is 1. The maximum atomic E-state index is 12.5. The molecule has 0 aliphatic heterocycles. The lowest BCUT2D eigenvalue weighted by Gasteiger charge is -2.24. The number of rotatable bonds is 4. The highest BCUT2D eigenvalue weighted by atomic mass is 16.2. The van der Waals surface area contributed by atoms with E-state index >= 15 is 0 Å². The van der Waals surface area contributed by atoms with Crippen LogP contribution in [0, 0.1) is 18.8 Å². The van der Waals surface area contributed by atoms with Crippen molar-refractivity contribution >= 4 is 5.91 Å². The lowest BCUT2D eigenvalue weighted by Crippen LogP contribution is -2.36. The van der Waals surface area contributed by atoms with E-state index in [1.165, 1.54) is 11.1 Å². The van der Waals surface area contributed by atoms with Crippen molar-refractivity contribution in [3.8, 4) is 0 Å². The van der Waals surface area contributed by atoms with E-state index < -0.39 is 0 Å². The minimum absolute atomic E-state index is 0.139. The molecular weight excluding hydrogens is 236 g/mol. The zero-order chi connectivity index (χ0) is 13.8. The van der Waals surface area contributed by atoms with E-state index in [1.54, 1.807) is 0 Å². The van der Waals surface area contributed by atoms with E-state index in [2.05, 4.69) is 31.2 Å². The summed E-state index contributed by atoms with van der Waals surface area (Å²) in [5.74, 6) is 0.780. The minimum atomic E-state index is 0.139. The Hall–Kier alpha value is -1.35. The fourth-order valence-electron chi connectivity index (χ4n) is 2.97. The van der Waals surface area contributed by atoms with Gasteiger partial charge in [-0.2, -0.15) is 0 Å². The molecule has 0 heterocycles. The zero-order valence-corrected chi connectivity index (χ0v) is 11.9. The molecule has 1 fully saturated rings. The van der Waals surface area contributed by atoms with Crippen LogP contribution in [-0.4, -0.2) is 24.4 Å². The van der Waals surface area contributed by atoms with Gasteiger partial charge in [0.05, 0.1) is 0 Å². The van der Waals surface area contributed by atoms with Crippen LogP contribution in [0.3, 0.4) is 0 Å². The number of hydrogen-bond acceptors (Lipinski definition) is 2. The van der Waals surface area contributed by atoms with E-state index in [9.17, 15) is 4.79 Å². The topological polar surface area (TPSA) is 46.3 Å². The SMILES string of the molecule is Cc1ccc(CN(C)C(=O)C2CCCC2CN)cc1. The average molecular weight is 260 g/mol. The van der Waals surface area contributed by atoms with E-state index in [0.29, 0.717) is 19.0 Å². The molecule has 1 aromatic rings. The first-order chi connectivity index (χ1) is 9.11. The van der Waals surface area contributed by atoms with Crippen LogP contribution in [0.15, 0.2) is 24.3 Å². The highest BCUT2D eigenvalue weighted by Gasteiger charge is 2.33. The molecule has 0 saturated heterocycles. The first kappa shape index (κ1) is 14.1. The second kappa shape index (κ2) is 6.20. The summed E-state index contributed by atoms with van der Waals surface area (Å²) in [4.78, 5) is 14.3. The Morgan fingerprint density at radius 1 is 1.32 bits per heavy atom. The quantitative estimate of drug-likeness (QED) is 0.903. The predicted octanol–water partition coefficient (Wildman–Crippen LogP) is 2.33. The van der Waals surface area contributed by atoms with Crippen LogP contribution in [0.25, 0.3) is 0 Å². The standard InChI is InChI=1S/C16H24N2O/c1-12-6-8-13(9-7-12)11-18(2)16(19)15-5-3-4-14(15)10-17/h6-9,14-15H,3-5,10-11,17H2,1-2H3. The molecule has 2 unspecified atom stereocenters. The van der Waals surface area contributed by atoms with E-state index in [1.807, 2.05) is 11.9 Å². The van der Waals surface area contributed by atoms with Crippen LogP contribution >= 0.6 is 0 Å². The van der Waals surface area contributed by atoms with Crippen LogP contribution in [0.2, 0.25) is 0 Å². The minimum Gasteiger partial charge on any atom is -0.341 e. The van der Waals surface area contributed by atoms with Gasteiger partial charge in [-0.25, -0.2) is 0 Å². The summed E-state index contributed by atoms with van der Waals surface area (Å²) in [5, 5.41) is 0. The molecule has 0 bridgehead atoms. The van der Waals surface area contributed by atoms with Crippen molar-refractivity contribution < 1.29 is 4.79 Å². The van der Waals surface area contributed by atoms with Gasteiger partial charge < -0.3 is 10.6 Å². The maximum absolute atomic E-state index is 12.5. The molecule has 2 N–H and O–H groups in total. The Kier molecular flexibility index (Phi) is 4.59. The Balaban J connectivity index is 1.97. The number of aryl methyl sites for hydroxylation is 1. The fraction of sp³-hybridized carbons (Fsp3) is 0.562. The molecule has 0 radical (unpaired) electrons. The summed E-state index contributed by atoms with van der Waals surface area (Å²) in [6.07, 6.45) is 3.24. The zero-order valence-electron chi connectivity index (χ0n) is 11.9. The second-order valence-corrected chi connectivity index (χ2v) is 5.71. The Bertz CT molecular complexity index is 427. The monoisotopic (exact) mass is 260 g/mol. The molecule has 0 aromatic heterocycles. The van der Waals surface area contributed by atoms with Crippen molar-refractivity contribution in [1.82, 2.24) is 4.90 Å². The summed E-state index contributed by atoms with van der Waals surface area (Å²) >= 11 is 0. The molecule has 1 amide bonds. The number of benzene rings is 1. The number of nitrogens with two attached hydrogens (primary N) is 1. The molecule has 1 saturated carbocycles. The summed E-state index contributed by atoms with van der Waals surface area (Å²) < 4.78 is 0.